The van der Waals surface area contributed by atoms with Crippen LogP contribution in [-0.2, 0) is 32.6 Å². The molecule has 0 radical (unpaired) electrons. The Morgan fingerprint density at radius 2 is 1.49 bits per heavy atom. The van der Waals surface area contributed by atoms with Gasteiger partial charge in [0.1, 0.15) is 24.2 Å². The number of hydrogen-bond donors (Lipinski definition) is 1. The fourth-order valence-electron chi connectivity index (χ4n) is 4.87. The first-order valence-corrected chi connectivity index (χ1v) is 16.2. The molecule has 0 aliphatic carbocycles. The molecule has 0 saturated heterocycles. The minimum atomic E-state index is -4.22. The molecule has 2 amide bonds. The minimum absolute atomic E-state index is 0.0180. The van der Waals surface area contributed by atoms with E-state index in [0.717, 1.165) is 15.4 Å². The molecule has 0 fully saturated rings. The number of halogens is 1. The van der Waals surface area contributed by atoms with Gasteiger partial charge < -0.3 is 15.0 Å². The van der Waals surface area contributed by atoms with E-state index in [4.69, 9.17) is 4.74 Å². The van der Waals surface area contributed by atoms with Gasteiger partial charge in [-0.3, -0.25) is 13.9 Å². The fourth-order valence-corrected chi connectivity index (χ4v) is 6.29. The zero-order valence-electron chi connectivity index (χ0n) is 25.6. The summed E-state index contributed by atoms with van der Waals surface area (Å²) >= 11 is 0. The zero-order chi connectivity index (χ0) is 32.4. The summed E-state index contributed by atoms with van der Waals surface area (Å²) in [5.41, 5.74) is 2.54. The predicted molar refractivity (Wildman–Crippen MR) is 173 cm³/mol. The molecule has 0 aromatic heterocycles. The van der Waals surface area contributed by atoms with E-state index in [1.165, 1.54) is 29.2 Å². The number of hydrogen-bond acceptors (Lipinski definition) is 5. The summed E-state index contributed by atoms with van der Waals surface area (Å²) in [5.74, 6) is -0.869. The summed E-state index contributed by atoms with van der Waals surface area (Å²) in [6, 6.07) is 26.8. The fraction of sp³-hybridized carbons (Fsp3) is 0.257. The number of sulfonamides is 1. The SMILES string of the molecule is CCNC(=O)[C@@H](Cc1ccccc1)N(Cc1ccc(F)cc1)C(=O)CN(c1ccc(OCC)cc1)S(=O)(=O)c1ccc(C)cc1. The second-order valence-corrected chi connectivity index (χ2v) is 12.4. The summed E-state index contributed by atoms with van der Waals surface area (Å²) in [4.78, 5) is 29.3. The molecular formula is C35H38FN3O5S. The van der Waals surface area contributed by atoms with Gasteiger partial charge in [-0.25, -0.2) is 12.8 Å². The Kier molecular flexibility index (Phi) is 11.3. The first kappa shape index (κ1) is 33.2. The van der Waals surface area contributed by atoms with Crippen LogP contribution < -0.4 is 14.4 Å². The van der Waals surface area contributed by atoms with Crippen molar-refractivity contribution in [2.24, 2.45) is 0 Å². The van der Waals surface area contributed by atoms with Crippen LogP contribution >= 0.6 is 0 Å². The van der Waals surface area contributed by atoms with Crippen molar-refractivity contribution in [3.63, 3.8) is 0 Å². The number of aryl methyl sites for hydroxylation is 1. The molecule has 0 unspecified atom stereocenters. The Morgan fingerprint density at radius 3 is 2.09 bits per heavy atom. The molecule has 8 nitrogen and oxygen atoms in total. The largest absolute Gasteiger partial charge is 0.494 e. The van der Waals surface area contributed by atoms with Crippen molar-refractivity contribution in [1.82, 2.24) is 10.2 Å². The van der Waals surface area contributed by atoms with Crippen LogP contribution in [0.2, 0.25) is 0 Å². The number of ether oxygens (including phenoxy) is 1. The average Bonchev–Trinajstić information content (AvgIpc) is 3.03. The normalized spacial score (nSPS) is 11.8. The first-order chi connectivity index (χ1) is 21.6. The van der Waals surface area contributed by atoms with E-state index in [2.05, 4.69) is 5.32 Å². The number of rotatable bonds is 14. The molecule has 236 valence electrons. The van der Waals surface area contributed by atoms with Gasteiger partial charge in [-0.2, -0.15) is 0 Å². The average molecular weight is 632 g/mol. The van der Waals surface area contributed by atoms with Gasteiger partial charge in [-0.1, -0.05) is 60.2 Å². The molecule has 0 aliphatic heterocycles. The molecule has 4 aromatic carbocycles. The number of carbonyl (C=O) groups excluding carboxylic acids is 2. The lowest BCUT2D eigenvalue weighted by Crippen LogP contribution is -2.53. The number of benzene rings is 4. The third-order valence-corrected chi connectivity index (χ3v) is 9.00. The maximum Gasteiger partial charge on any atom is 0.264 e. The quantitative estimate of drug-likeness (QED) is 0.198. The van der Waals surface area contributed by atoms with Crippen molar-refractivity contribution in [2.45, 2.75) is 44.7 Å². The smallest absolute Gasteiger partial charge is 0.264 e. The predicted octanol–water partition coefficient (Wildman–Crippen LogP) is 5.50. The van der Waals surface area contributed by atoms with Crippen molar-refractivity contribution in [2.75, 3.05) is 24.0 Å². The molecule has 1 N–H and O–H groups in total. The van der Waals surface area contributed by atoms with Crippen molar-refractivity contribution in [3.8, 4) is 5.75 Å². The third kappa shape index (κ3) is 8.69. The summed E-state index contributed by atoms with van der Waals surface area (Å²) in [5, 5.41) is 2.82. The molecule has 1 atom stereocenters. The van der Waals surface area contributed by atoms with Crippen LogP contribution in [0, 0.1) is 12.7 Å². The molecule has 0 saturated carbocycles. The van der Waals surface area contributed by atoms with E-state index in [9.17, 15) is 22.4 Å². The van der Waals surface area contributed by atoms with Crippen molar-refractivity contribution < 1.29 is 27.1 Å². The molecule has 4 rings (SSSR count). The van der Waals surface area contributed by atoms with Crippen molar-refractivity contribution in [1.29, 1.82) is 0 Å². The van der Waals surface area contributed by atoms with Gasteiger partial charge in [-0.05, 0) is 80.4 Å². The van der Waals surface area contributed by atoms with Crippen molar-refractivity contribution >= 4 is 27.5 Å². The van der Waals surface area contributed by atoms with Gasteiger partial charge >= 0.3 is 0 Å². The molecule has 45 heavy (non-hydrogen) atoms. The van der Waals surface area contributed by atoms with E-state index in [-0.39, 0.29) is 29.5 Å². The van der Waals surface area contributed by atoms with Gasteiger partial charge in [0.2, 0.25) is 11.8 Å². The highest BCUT2D eigenvalue weighted by Gasteiger charge is 2.34. The van der Waals surface area contributed by atoms with Crippen LogP contribution in [0.15, 0.2) is 108 Å². The van der Waals surface area contributed by atoms with Gasteiger partial charge in [-0.15, -0.1) is 0 Å². The number of amides is 2. The summed E-state index contributed by atoms with van der Waals surface area (Å²) in [6.07, 6.45) is 0.188. The molecule has 0 bridgehead atoms. The highest BCUT2D eigenvalue weighted by Crippen LogP contribution is 2.27. The lowest BCUT2D eigenvalue weighted by molar-refractivity contribution is -0.140. The van der Waals surface area contributed by atoms with E-state index in [0.29, 0.717) is 24.5 Å². The summed E-state index contributed by atoms with van der Waals surface area (Å²) in [6.45, 7) is 5.62. The van der Waals surface area contributed by atoms with Crippen LogP contribution in [0.25, 0.3) is 0 Å². The summed E-state index contributed by atoms with van der Waals surface area (Å²) < 4.78 is 48.6. The van der Waals surface area contributed by atoms with Gasteiger partial charge in [0.25, 0.3) is 10.0 Å². The van der Waals surface area contributed by atoms with Crippen LogP contribution in [0.5, 0.6) is 5.75 Å². The second kappa shape index (κ2) is 15.3. The minimum Gasteiger partial charge on any atom is -0.494 e. The maximum atomic E-state index is 14.4. The molecular weight excluding hydrogens is 593 g/mol. The first-order valence-electron chi connectivity index (χ1n) is 14.8. The van der Waals surface area contributed by atoms with Crippen LogP contribution in [-0.4, -0.2) is 50.9 Å². The van der Waals surface area contributed by atoms with E-state index >= 15 is 0 Å². The Bertz CT molecular complexity index is 1660. The van der Waals surface area contributed by atoms with Crippen LogP contribution in [0.3, 0.4) is 0 Å². The molecule has 10 heteroatoms. The number of likely N-dealkylation sites (N-methyl/N-ethyl adjacent to an activating group) is 1. The standard InChI is InChI=1S/C35H38FN3O5S/c1-4-37-35(41)33(23-27-9-7-6-8-10-27)38(24-28-13-15-29(36)16-14-28)34(40)25-39(30-17-19-31(20-18-30)44-5-2)45(42,43)32-21-11-26(3)12-22-32/h6-22,33H,4-5,23-25H2,1-3H3,(H,37,41)/t33-/m1/s1. The Morgan fingerprint density at radius 1 is 0.844 bits per heavy atom. The number of nitrogens with zero attached hydrogens (tertiary/aromatic N) is 2. The zero-order valence-corrected chi connectivity index (χ0v) is 26.5. The highest BCUT2D eigenvalue weighted by atomic mass is 32.2. The van der Waals surface area contributed by atoms with Gasteiger partial charge in [0.05, 0.1) is 17.2 Å². The molecule has 0 heterocycles. The monoisotopic (exact) mass is 631 g/mol. The van der Waals surface area contributed by atoms with Gasteiger partial charge in [0.15, 0.2) is 0 Å². The van der Waals surface area contributed by atoms with Crippen LogP contribution in [0.1, 0.15) is 30.5 Å². The van der Waals surface area contributed by atoms with Gasteiger partial charge in [0, 0.05) is 19.5 Å². The summed E-state index contributed by atoms with van der Waals surface area (Å²) in [7, 11) is -4.22. The lowest BCUT2D eigenvalue weighted by atomic mass is 10.0. The highest BCUT2D eigenvalue weighted by molar-refractivity contribution is 7.92. The van der Waals surface area contributed by atoms with Crippen molar-refractivity contribution in [3.05, 3.63) is 126 Å². The molecule has 0 aliphatic rings. The van der Waals surface area contributed by atoms with E-state index < -0.39 is 34.3 Å². The Labute approximate surface area is 264 Å². The molecule has 0 spiro atoms. The number of anilines is 1. The third-order valence-electron chi connectivity index (χ3n) is 7.21. The van der Waals surface area contributed by atoms with Crippen LogP contribution in [0.4, 0.5) is 10.1 Å². The second-order valence-electron chi connectivity index (χ2n) is 10.5. The Balaban J connectivity index is 1.79. The topological polar surface area (TPSA) is 96.0 Å². The van der Waals surface area contributed by atoms with E-state index in [1.54, 1.807) is 55.5 Å². The number of carbonyl (C=O) groups is 2. The lowest BCUT2D eigenvalue weighted by Gasteiger charge is -2.34. The van der Waals surface area contributed by atoms with E-state index in [1.807, 2.05) is 44.2 Å². The Hall–Kier alpha value is -4.70. The number of nitrogens with one attached hydrogen (secondary N) is 1. The maximum absolute atomic E-state index is 14.4. The molecule has 4 aromatic rings.